The number of aliphatic imine (C=N–C) groups is 1. The molecule has 19 heavy (non-hydrogen) atoms. The van der Waals surface area contributed by atoms with Crippen molar-refractivity contribution in [2.24, 2.45) is 4.99 Å². The van der Waals surface area contributed by atoms with Crippen LogP contribution in [0, 0.1) is 0 Å². The summed E-state index contributed by atoms with van der Waals surface area (Å²) in [5.74, 6) is 0. The normalized spacial score (nSPS) is 11.3. The summed E-state index contributed by atoms with van der Waals surface area (Å²) in [5.41, 5.74) is 0. The van der Waals surface area contributed by atoms with Crippen LogP contribution in [0.1, 0.15) is 51.4 Å². The Labute approximate surface area is 125 Å². The summed E-state index contributed by atoms with van der Waals surface area (Å²) in [6.45, 7) is 2.98. The lowest BCUT2D eigenvalue weighted by Gasteiger charge is -2.22. The van der Waals surface area contributed by atoms with Gasteiger partial charge in [0.1, 0.15) is 0 Å². The molecule has 0 aliphatic heterocycles. The number of rotatable bonds is 13. The van der Waals surface area contributed by atoms with Gasteiger partial charge in [-0.3, -0.25) is 0 Å². The molecule has 0 heterocycles. The van der Waals surface area contributed by atoms with Crippen molar-refractivity contribution >= 4 is 25.9 Å². The lowest BCUT2D eigenvalue weighted by Crippen LogP contribution is -2.35. The first kappa shape index (κ1) is 18.9. The third-order valence-corrected chi connectivity index (χ3v) is 6.70. The highest BCUT2D eigenvalue weighted by Gasteiger charge is 2.27. The Morgan fingerprint density at radius 2 is 1.37 bits per heavy atom. The van der Waals surface area contributed by atoms with E-state index >= 15 is 0 Å². The first-order valence-corrected chi connectivity index (χ1v) is 10.3. The summed E-state index contributed by atoms with van der Waals surface area (Å²) in [4.78, 5) is 3.91. The van der Waals surface area contributed by atoms with Gasteiger partial charge in [0.2, 0.25) is 0 Å². The van der Waals surface area contributed by atoms with Gasteiger partial charge < -0.3 is 8.85 Å². The van der Waals surface area contributed by atoms with E-state index in [4.69, 9.17) is 8.85 Å². The predicted molar refractivity (Wildman–Crippen MR) is 87.3 cm³/mol. The van der Waals surface area contributed by atoms with E-state index in [9.17, 15) is 0 Å². The molecule has 0 radical (unpaired) electrons. The van der Waals surface area contributed by atoms with Crippen LogP contribution in [0.5, 0.6) is 0 Å². The highest BCUT2D eigenvalue weighted by molar-refractivity contribution is 7.78. The van der Waals surface area contributed by atoms with Crippen molar-refractivity contribution in [1.29, 1.82) is 0 Å². The Morgan fingerprint density at radius 3 is 1.84 bits per heavy atom. The third-order valence-electron chi connectivity index (χ3n) is 3.58. The molecule has 0 unspecified atom stereocenters. The third kappa shape index (κ3) is 11.5. The molecule has 0 rings (SSSR count). The average molecular weight is 304 g/mol. The number of hydrogen-bond acceptors (Lipinski definition) is 4. The van der Waals surface area contributed by atoms with Crippen molar-refractivity contribution in [3.63, 3.8) is 0 Å². The van der Waals surface area contributed by atoms with Gasteiger partial charge in [0, 0.05) is 20.8 Å². The summed E-state index contributed by atoms with van der Waals surface area (Å²) < 4.78 is 10.9. The molecule has 0 aromatic rings. The average Bonchev–Trinajstić information content (AvgIpc) is 2.44. The number of thiocarbonyl (C=S) groups is 1. The molecule has 0 spiro atoms. The lowest BCUT2D eigenvalue weighted by atomic mass is 10.1. The van der Waals surface area contributed by atoms with E-state index in [0.29, 0.717) is 0 Å². The van der Waals surface area contributed by atoms with Gasteiger partial charge >= 0.3 is 8.56 Å². The number of isothiocyanates is 1. The van der Waals surface area contributed by atoms with Crippen molar-refractivity contribution in [3.8, 4) is 0 Å². The van der Waals surface area contributed by atoms with Crippen molar-refractivity contribution in [2.75, 3.05) is 20.8 Å². The first-order valence-electron chi connectivity index (χ1n) is 7.32. The molecule has 0 atom stereocenters. The first-order chi connectivity index (χ1) is 9.18. The van der Waals surface area contributed by atoms with Gasteiger partial charge in [0.05, 0.1) is 5.16 Å². The maximum Gasteiger partial charge on any atom is 0.334 e. The van der Waals surface area contributed by atoms with Crippen LogP contribution in [0.25, 0.3) is 0 Å². The van der Waals surface area contributed by atoms with Crippen molar-refractivity contribution in [3.05, 3.63) is 0 Å². The zero-order chi connectivity index (χ0) is 14.4. The van der Waals surface area contributed by atoms with E-state index in [1.165, 1.54) is 44.9 Å². The van der Waals surface area contributed by atoms with Crippen LogP contribution < -0.4 is 0 Å². The molecule has 0 aromatic carbocycles. The standard InChI is InChI=1S/C14H29NO2SSi/c1-16-19(3,17-2)13-11-9-7-5-4-6-8-10-12-15-14-18/h4-13H2,1-3H3. The summed E-state index contributed by atoms with van der Waals surface area (Å²) in [7, 11) is 1.72. The molecule has 5 heteroatoms. The molecule has 0 N–H and O–H groups in total. The van der Waals surface area contributed by atoms with E-state index in [-0.39, 0.29) is 0 Å². The lowest BCUT2D eigenvalue weighted by molar-refractivity contribution is 0.248. The van der Waals surface area contributed by atoms with E-state index in [0.717, 1.165) is 19.0 Å². The molecule has 0 fully saturated rings. The van der Waals surface area contributed by atoms with Crippen LogP contribution in [-0.4, -0.2) is 34.5 Å². The summed E-state index contributed by atoms with van der Waals surface area (Å²) in [5, 5.41) is 2.41. The fourth-order valence-corrected chi connectivity index (χ4v) is 3.59. The Bertz CT molecular complexity index is 254. The predicted octanol–water partition coefficient (Wildman–Crippen LogP) is 4.57. The molecule has 0 saturated heterocycles. The van der Waals surface area contributed by atoms with Gasteiger partial charge in [-0.05, 0) is 31.2 Å². The van der Waals surface area contributed by atoms with E-state index in [1.807, 2.05) is 0 Å². The zero-order valence-electron chi connectivity index (χ0n) is 12.7. The SMILES string of the molecule is CO[Si](C)(CCCCCCCCCCN=C=S)OC. The minimum absolute atomic E-state index is 0.848. The Kier molecular flexibility index (Phi) is 12.9. The maximum absolute atomic E-state index is 5.47. The highest BCUT2D eigenvalue weighted by atomic mass is 32.1. The van der Waals surface area contributed by atoms with Gasteiger partial charge in [-0.1, -0.05) is 44.9 Å². The van der Waals surface area contributed by atoms with Crippen molar-refractivity contribution < 1.29 is 8.85 Å². The topological polar surface area (TPSA) is 30.8 Å². The zero-order valence-corrected chi connectivity index (χ0v) is 14.6. The minimum atomic E-state index is -1.82. The van der Waals surface area contributed by atoms with Crippen LogP contribution in [-0.2, 0) is 8.85 Å². The molecule has 0 saturated carbocycles. The molecular weight excluding hydrogens is 274 g/mol. The molecule has 0 aliphatic rings. The Balaban J connectivity index is 3.25. The van der Waals surface area contributed by atoms with Crippen LogP contribution >= 0.6 is 12.2 Å². The van der Waals surface area contributed by atoms with E-state index in [2.05, 4.69) is 28.9 Å². The largest absolute Gasteiger partial charge is 0.398 e. The summed E-state index contributed by atoms with van der Waals surface area (Å²) in [6.07, 6.45) is 10.3. The van der Waals surface area contributed by atoms with E-state index < -0.39 is 8.56 Å². The highest BCUT2D eigenvalue weighted by Crippen LogP contribution is 2.17. The molecule has 3 nitrogen and oxygen atoms in total. The molecule has 112 valence electrons. The molecular formula is C14H29NO2SSi. The van der Waals surface area contributed by atoms with Crippen LogP contribution in [0.2, 0.25) is 12.6 Å². The second kappa shape index (κ2) is 12.9. The fraction of sp³-hybridized carbons (Fsp3) is 0.929. The minimum Gasteiger partial charge on any atom is -0.398 e. The molecule has 0 bridgehead atoms. The van der Waals surface area contributed by atoms with Crippen LogP contribution in [0.3, 0.4) is 0 Å². The quantitative estimate of drug-likeness (QED) is 0.216. The van der Waals surface area contributed by atoms with Gasteiger partial charge in [-0.2, -0.15) is 0 Å². The molecule has 0 amide bonds. The van der Waals surface area contributed by atoms with Crippen molar-refractivity contribution in [2.45, 2.75) is 64.0 Å². The number of hydrogen-bond donors (Lipinski definition) is 0. The van der Waals surface area contributed by atoms with Gasteiger partial charge in [0.15, 0.2) is 0 Å². The molecule has 0 aromatic heterocycles. The fourth-order valence-electron chi connectivity index (χ4n) is 2.03. The number of unbranched alkanes of at least 4 members (excludes halogenated alkanes) is 7. The van der Waals surface area contributed by atoms with Crippen LogP contribution in [0.4, 0.5) is 0 Å². The Hall–Kier alpha value is -0.0631. The Morgan fingerprint density at radius 1 is 0.895 bits per heavy atom. The maximum atomic E-state index is 5.47. The van der Waals surface area contributed by atoms with E-state index in [1.54, 1.807) is 14.2 Å². The van der Waals surface area contributed by atoms with Crippen LogP contribution in [0.15, 0.2) is 4.99 Å². The van der Waals surface area contributed by atoms with Gasteiger partial charge in [0.25, 0.3) is 0 Å². The second-order valence-electron chi connectivity index (χ2n) is 5.09. The van der Waals surface area contributed by atoms with Gasteiger partial charge in [-0.15, -0.1) is 0 Å². The molecule has 0 aliphatic carbocycles. The van der Waals surface area contributed by atoms with Gasteiger partial charge in [-0.25, -0.2) is 4.99 Å². The smallest absolute Gasteiger partial charge is 0.334 e. The monoisotopic (exact) mass is 303 g/mol. The van der Waals surface area contributed by atoms with Crippen molar-refractivity contribution in [1.82, 2.24) is 0 Å². The number of nitrogens with zero attached hydrogens (tertiary/aromatic N) is 1. The second-order valence-corrected chi connectivity index (χ2v) is 8.86. The summed E-state index contributed by atoms with van der Waals surface area (Å²) >= 11 is 4.52. The summed E-state index contributed by atoms with van der Waals surface area (Å²) in [6, 6.07) is 1.11.